The summed E-state index contributed by atoms with van der Waals surface area (Å²) in [6.07, 6.45) is 0.210. The Morgan fingerprint density at radius 3 is 2.79 bits per heavy atom. The molecular weight excluding hydrogens is 354 g/mol. The number of hydrogen-bond donors (Lipinski definition) is 1. The Balaban J connectivity index is 1.39. The third kappa shape index (κ3) is 4.05. The highest BCUT2D eigenvalue weighted by molar-refractivity contribution is 5.80. The quantitative estimate of drug-likeness (QED) is 0.643. The molecule has 2 fully saturated rings. The Kier molecular flexibility index (Phi) is 5.64. The van der Waals surface area contributed by atoms with Crippen LogP contribution in [0.1, 0.15) is 22.9 Å². The number of guanidine groups is 1. The van der Waals surface area contributed by atoms with E-state index in [2.05, 4.69) is 55.4 Å². The number of fused-ring (bicyclic) bond motifs is 1. The van der Waals surface area contributed by atoms with Crippen LogP contribution in [0.15, 0.2) is 39.7 Å². The van der Waals surface area contributed by atoms with Gasteiger partial charge in [-0.15, -0.1) is 0 Å². The molecule has 28 heavy (non-hydrogen) atoms. The second kappa shape index (κ2) is 8.32. The Morgan fingerprint density at radius 1 is 1.25 bits per heavy atom. The summed E-state index contributed by atoms with van der Waals surface area (Å²) in [6, 6.07) is 11.0. The molecule has 1 N–H and O–H groups in total. The monoisotopic (exact) mass is 383 g/mol. The zero-order chi connectivity index (χ0) is 19.5. The lowest BCUT2D eigenvalue weighted by molar-refractivity contribution is -0.0502. The number of nitrogens with one attached hydrogen (secondary N) is 1. The number of aryl methyl sites for hydroxylation is 2. The molecule has 150 valence electrons. The standard InChI is InChI=1S/C21H29N5O2/c1-15-16(2)28-20(24-15)11-23-21(22-3)26-13-18-19(14-26)27-10-9-25(18)12-17-7-5-4-6-8-17/h4-8,18-19H,9-14H2,1-3H3,(H,22,23). The average Bonchev–Trinajstić information content (AvgIpc) is 3.27. The van der Waals surface area contributed by atoms with E-state index in [1.54, 1.807) is 0 Å². The van der Waals surface area contributed by atoms with Crippen molar-refractivity contribution in [2.24, 2.45) is 4.99 Å². The number of benzene rings is 1. The molecule has 2 aliphatic heterocycles. The van der Waals surface area contributed by atoms with Gasteiger partial charge in [-0.05, 0) is 19.4 Å². The first-order valence-electron chi connectivity index (χ1n) is 9.92. The molecule has 7 heteroatoms. The average molecular weight is 383 g/mol. The van der Waals surface area contributed by atoms with Gasteiger partial charge in [0.05, 0.1) is 31.0 Å². The summed E-state index contributed by atoms with van der Waals surface area (Å²) < 4.78 is 11.7. The number of aromatic nitrogens is 1. The maximum absolute atomic E-state index is 6.08. The van der Waals surface area contributed by atoms with Crippen molar-refractivity contribution >= 4 is 5.96 Å². The van der Waals surface area contributed by atoms with Crippen LogP contribution in [0.3, 0.4) is 0 Å². The van der Waals surface area contributed by atoms with Crippen molar-refractivity contribution in [3.05, 3.63) is 53.2 Å². The molecule has 0 spiro atoms. The van der Waals surface area contributed by atoms with Gasteiger partial charge in [-0.25, -0.2) is 4.98 Å². The van der Waals surface area contributed by atoms with E-state index in [1.165, 1.54) is 5.56 Å². The normalized spacial score (nSPS) is 23.1. The van der Waals surface area contributed by atoms with Crippen LogP contribution in [-0.4, -0.2) is 66.2 Å². The van der Waals surface area contributed by atoms with Gasteiger partial charge in [0.25, 0.3) is 0 Å². The van der Waals surface area contributed by atoms with Crippen molar-refractivity contribution in [3.63, 3.8) is 0 Å². The number of nitrogens with zero attached hydrogens (tertiary/aromatic N) is 4. The Morgan fingerprint density at radius 2 is 2.07 bits per heavy atom. The number of aliphatic imine (C=N–C) groups is 1. The molecule has 2 aromatic rings. The maximum atomic E-state index is 6.08. The highest BCUT2D eigenvalue weighted by atomic mass is 16.5. The van der Waals surface area contributed by atoms with Gasteiger partial charge >= 0.3 is 0 Å². The largest absolute Gasteiger partial charge is 0.444 e. The molecule has 2 saturated heterocycles. The van der Waals surface area contributed by atoms with Gasteiger partial charge in [0.2, 0.25) is 5.89 Å². The summed E-state index contributed by atoms with van der Waals surface area (Å²) >= 11 is 0. The van der Waals surface area contributed by atoms with Crippen molar-refractivity contribution in [3.8, 4) is 0 Å². The molecule has 0 saturated carbocycles. The molecule has 2 aliphatic rings. The predicted octanol–water partition coefficient (Wildman–Crippen LogP) is 1.95. The fourth-order valence-electron chi connectivity index (χ4n) is 4.05. The molecule has 7 nitrogen and oxygen atoms in total. The van der Waals surface area contributed by atoms with Gasteiger partial charge in [0, 0.05) is 33.2 Å². The molecule has 3 heterocycles. The molecule has 0 bridgehead atoms. The topological polar surface area (TPSA) is 66.1 Å². The van der Waals surface area contributed by atoms with Gasteiger partial charge in [0.1, 0.15) is 5.76 Å². The van der Waals surface area contributed by atoms with Crippen LogP contribution in [0.5, 0.6) is 0 Å². The van der Waals surface area contributed by atoms with Crippen LogP contribution < -0.4 is 5.32 Å². The number of likely N-dealkylation sites (tertiary alicyclic amines) is 1. The zero-order valence-electron chi connectivity index (χ0n) is 16.9. The van der Waals surface area contributed by atoms with Crippen molar-refractivity contribution < 1.29 is 9.15 Å². The summed E-state index contributed by atoms with van der Waals surface area (Å²) in [4.78, 5) is 13.7. The smallest absolute Gasteiger partial charge is 0.214 e. The lowest BCUT2D eigenvalue weighted by Crippen LogP contribution is -2.50. The van der Waals surface area contributed by atoms with Crippen LogP contribution in [0.2, 0.25) is 0 Å². The Bertz CT molecular complexity index is 800. The second-order valence-corrected chi connectivity index (χ2v) is 7.49. The van der Waals surface area contributed by atoms with Crippen LogP contribution >= 0.6 is 0 Å². The SMILES string of the molecule is CN=C(NCc1nc(C)c(C)o1)N1CC2OCCN(Cc3ccccc3)C2C1. The third-order valence-corrected chi connectivity index (χ3v) is 5.63. The number of morpholine rings is 1. The van der Waals surface area contributed by atoms with Gasteiger partial charge in [0.15, 0.2) is 5.96 Å². The summed E-state index contributed by atoms with van der Waals surface area (Å²) in [6.45, 7) is 8.88. The number of ether oxygens (including phenoxy) is 1. The minimum absolute atomic E-state index is 0.210. The predicted molar refractivity (Wildman–Crippen MR) is 108 cm³/mol. The summed E-state index contributed by atoms with van der Waals surface area (Å²) in [5.41, 5.74) is 2.28. The zero-order valence-corrected chi connectivity index (χ0v) is 16.9. The molecule has 2 atom stereocenters. The Labute approximate surface area is 166 Å². The second-order valence-electron chi connectivity index (χ2n) is 7.49. The van der Waals surface area contributed by atoms with E-state index in [4.69, 9.17) is 9.15 Å². The molecule has 0 radical (unpaired) electrons. The molecule has 2 unspecified atom stereocenters. The van der Waals surface area contributed by atoms with E-state index in [0.717, 1.165) is 50.2 Å². The summed E-state index contributed by atoms with van der Waals surface area (Å²) in [5.74, 6) is 2.42. The fraction of sp³-hybridized carbons (Fsp3) is 0.524. The van der Waals surface area contributed by atoms with E-state index < -0.39 is 0 Å². The Hall–Kier alpha value is -2.38. The van der Waals surface area contributed by atoms with Crippen molar-refractivity contribution in [1.29, 1.82) is 0 Å². The van der Waals surface area contributed by atoms with Crippen molar-refractivity contribution in [2.45, 2.75) is 39.1 Å². The van der Waals surface area contributed by atoms with Crippen LogP contribution in [-0.2, 0) is 17.8 Å². The van der Waals surface area contributed by atoms with Gasteiger partial charge in [-0.1, -0.05) is 30.3 Å². The van der Waals surface area contributed by atoms with Gasteiger partial charge in [-0.2, -0.15) is 0 Å². The molecule has 1 aromatic heterocycles. The van der Waals surface area contributed by atoms with Gasteiger partial charge < -0.3 is 19.4 Å². The minimum Gasteiger partial charge on any atom is -0.444 e. The first-order chi connectivity index (χ1) is 13.6. The molecule has 1 aromatic carbocycles. The maximum Gasteiger partial charge on any atom is 0.214 e. The third-order valence-electron chi connectivity index (χ3n) is 5.63. The summed E-state index contributed by atoms with van der Waals surface area (Å²) in [7, 11) is 1.82. The van der Waals surface area contributed by atoms with Gasteiger partial charge in [-0.3, -0.25) is 9.89 Å². The van der Waals surface area contributed by atoms with E-state index in [1.807, 2.05) is 20.9 Å². The highest BCUT2D eigenvalue weighted by Gasteiger charge is 2.41. The van der Waals surface area contributed by atoms with Crippen molar-refractivity contribution in [2.75, 3.05) is 33.3 Å². The van der Waals surface area contributed by atoms with Crippen LogP contribution in [0.25, 0.3) is 0 Å². The van der Waals surface area contributed by atoms with Crippen molar-refractivity contribution in [1.82, 2.24) is 20.1 Å². The van der Waals surface area contributed by atoms with Crippen LogP contribution in [0, 0.1) is 13.8 Å². The minimum atomic E-state index is 0.210. The van der Waals surface area contributed by atoms with E-state index >= 15 is 0 Å². The van der Waals surface area contributed by atoms with E-state index in [-0.39, 0.29) is 6.10 Å². The van der Waals surface area contributed by atoms with E-state index in [9.17, 15) is 0 Å². The fourth-order valence-corrected chi connectivity index (χ4v) is 4.05. The number of oxazole rings is 1. The molecule has 0 amide bonds. The summed E-state index contributed by atoms with van der Waals surface area (Å²) in [5, 5.41) is 3.39. The molecule has 4 rings (SSSR count). The van der Waals surface area contributed by atoms with E-state index in [0.29, 0.717) is 18.5 Å². The number of hydrogen-bond acceptors (Lipinski definition) is 5. The lowest BCUT2D eigenvalue weighted by Gasteiger charge is -2.36. The number of rotatable bonds is 4. The highest BCUT2D eigenvalue weighted by Crippen LogP contribution is 2.24. The molecular formula is C21H29N5O2. The first kappa shape index (κ1) is 19.0. The van der Waals surface area contributed by atoms with Crippen LogP contribution in [0.4, 0.5) is 0 Å². The molecule has 0 aliphatic carbocycles. The first-order valence-corrected chi connectivity index (χ1v) is 9.92. The lowest BCUT2D eigenvalue weighted by atomic mass is 10.1.